The van der Waals surface area contributed by atoms with E-state index in [9.17, 15) is 18.3 Å². The van der Waals surface area contributed by atoms with E-state index in [1.807, 2.05) is 6.92 Å². The van der Waals surface area contributed by atoms with Crippen LogP contribution in [0.15, 0.2) is 30.6 Å². The van der Waals surface area contributed by atoms with Gasteiger partial charge >= 0.3 is 6.36 Å². The first kappa shape index (κ1) is 13.3. The zero-order valence-corrected chi connectivity index (χ0v) is 9.98. The number of aryl methyl sites for hydroxylation is 1. The molecule has 2 rings (SSSR count). The number of alkyl halides is 3. The van der Waals surface area contributed by atoms with Crippen molar-refractivity contribution in [1.29, 1.82) is 0 Å². The van der Waals surface area contributed by atoms with Crippen LogP contribution >= 0.6 is 0 Å². The first-order valence-electron chi connectivity index (χ1n) is 5.50. The van der Waals surface area contributed by atoms with Crippen LogP contribution in [0.5, 0.6) is 11.5 Å². The van der Waals surface area contributed by atoms with Gasteiger partial charge in [-0.3, -0.25) is 4.68 Å². The molecule has 0 aliphatic heterocycles. The predicted octanol–water partition coefficient (Wildman–Crippen LogP) is 3.17. The van der Waals surface area contributed by atoms with Crippen molar-refractivity contribution < 1.29 is 23.0 Å². The van der Waals surface area contributed by atoms with Gasteiger partial charge in [-0.2, -0.15) is 5.10 Å². The second kappa shape index (κ2) is 4.83. The zero-order chi connectivity index (χ0) is 14.0. The van der Waals surface area contributed by atoms with Crippen LogP contribution in [0.3, 0.4) is 0 Å². The lowest BCUT2D eigenvalue weighted by Gasteiger charge is -2.10. The summed E-state index contributed by atoms with van der Waals surface area (Å²) in [6, 6.07) is 3.71. The van der Waals surface area contributed by atoms with Gasteiger partial charge in [-0.05, 0) is 24.6 Å². The van der Waals surface area contributed by atoms with E-state index >= 15 is 0 Å². The van der Waals surface area contributed by atoms with Gasteiger partial charge in [-0.25, -0.2) is 0 Å². The number of aromatic nitrogens is 2. The summed E-state index contributed by atoms with van der Waals surface area (Å²) in [5.74, 6) is -1.20. The van der Waals surface area contributed by atoms with Gasteiger partial charge in [-0.15, -0.1) is 13.2 Å². The summed E-state index contributed by atoms with van der Waals surface area (Å²) < 4.78 is 41.5. The van der Waals surface area contributed by atoms with Crippen molar-refractivity contribution in [2.24, 2.45) is 0 Å². The van der Waals surface area contributed by atoms with Crippen molar-refractivity contribution in [3.63, 3.8) is 0 Å². The van der Waals surface area contributed by atoms with E-state index in [-0.39, 0.29) is 0 Å². The van der Waals surface area contributed by atoms with Crippen LogP contribution < -0.4 is 4.74 Å². The third kappa shape index (κ3) is 3.18. The average Bonchev–Trinajstić information content (AvgIpc) is 2.79. The highest BCUT2D eigenvalue weighted by molar-refractivity contribution is 5.65. The fraction of sp³-hybridized carbons (Fsp3) is 0.250. The summed E-state index contributed by atoms with van der Waals surface area (Å²) in [7, 11) is 0. The Hall–Kier alpha value is -2.18. The molecule has 0 saturated carbocycles. The third-order valence-electron chi connectivity index (χ3n) is 2.48. The maximum absolute atomic E-state index is 12.0. The largest absolute Gasteiger partial charge is 0.573 e. The van der Waals surface area contributed by atoms with Gasteiger partial charge in [0.05, 0.1) is 6.20 Å². The zero-order valence-electron chi connectivity index (χ0n) is 9.98. The lowest BCUT2D eigenvalue weighted by molar-refractivity contribution is -0.275. The topological polar surface area (TPSA) is 47.3 Å². The van der Waals surface area contributed by atoms with Crippen LogP contribution in [0.2, 0.25) is 0 Å². The average molecular weight is 272 g/mol. The Balaban J connectivity index is 2.28. The number of halogens is 3. The van der Waals surface area contributed by atoms with E-state index in [0.717, 1.165) is 6.07 Å². The normalized spacial score (nSPS) is 11.6. The van der Waals surface area contributed by atoms with Crippen LogP contribution in [-0.4, -0.2) is 21.2 Å². The number of aromatic hydroxyl groups is 1. The molecule has 4 nitrogen and oxygen atoms in total. The lowest BCUT2D eigenvalue weighted by atomic mass is 10.1. The molecular formula is C12H11F3N2O2. The molecule has 0 aliphatic carbocycles. The first-order valence-corrected chi connectivity index (χ1v) is 5.50. The Morgan fingerprint density at radius 1 is 1.32 bits per heavy atom. The summed E-state index contributed by atoms with van der Waals surface area (Å²) >= 11 is 0. The Labute approximate surface area is 107 Å². The van der Waals surface area contributed by atoms with Crippen LogP contribution in [0.25, 0.3) is 11.1 Å². The monoisotopic (exact) mass is 272 g/mol. The molecule has 1 heterocycles. The highest BCUT2D eigenvalue weighted by Crippen LogP contribution is 2.34. The van der Waals surface area contributed by atoms with Crippen LogP contribution in [0.1, 0.15) is 6.92 Å². The van der Waals surface area contributed by atoms with E-state index in [0.29, 0.717) is 17.7 Å². The fourth-order valence-electron chi connectivity index (χ4n) is 1.59. The molecule has 1 aromatic heterocycles. The Kier molecular flexibility index (Phi) is 3.37. The van der Waals surface area contributed by atoms with Crippen molar-refractivity contribution in [2.45, 2.75) is 19.8 Å². The smallest absolute Gasteiger partial charge is 0.504 e. The standard InChI is InChI=1S/C12H11F3N2O2/c1-2-17-7-9(6-16-17)8-3-4-11(10(18)5-8)19-12(13,14)15/h3-7,18H,2H2,1H3. The van der Waals surface area contributed by atoms with Crippen molar-refractivity contribution in [3.05, 3.63) is 30.6 Å². The Bertz CT molecular complexity index is 579. The maximum Gasteiger partial charge on any atom is 0.573 e. The van der Waals surface area contributed by atoms with Crippen LogP contribution in [0.4, 0.5) is 13.2 Å². The van der Waals surface area contributed by atoms with E-state index < -0.39 is 17.9 Å². The molecule has 2 aromatic rings. The number of phenolic OH excluding ortho intramolecular Hbond substituents is 1. The minimum absolute atomic E-state index is 0.562. The van der Waals surface area contributed by atoms with Gasteiger partial charge in [0.1, 0.15) is 0 Å². The quantitative estimate of drug-likeness (QED) is 0.933. The molecule has 1 N–H and O–H groups in total. The summed E-state index contributed by atoms with van der Waals surface area (Å²) in [6.45, 7) is 2.59. The number of nitrogens with zero attached hydrogens (tertiary/aromatic N) is 2. The van der Waals surface area contributed by atoms with Crippen molar-refractivity contribution in [3.8, 4) is 22.6 Å². The number of ether oxygens (including phenoxy) is 1. The van der Waals surface area contributed by atoms with Crippen molar-refractivity contribution in [1.82, 2.24) is 9.78 Å². The van der Waals surface area contributed by atoms with Gasteiger partial charge in [0, 0.05) is 18.3 Å². The van der Waals surface area contributed by atoms with Gasteiger partial charge in [-0.1, -0.05) is 6.07 Å². The Morgan fingerprint density at radius 2 is 2.05 bits per heavy atom. The van der Waals surface area contributed by atoms with Gasteiger partial charge < -0.3 is 9.84 Å². The molecule has 0 amide bonds. The van der Waals surface area contributed by atoms with E-state index in [4.69, 9.17) is 0 Å². The number of hydrogen-bond acceptors (Lipinski definition) is 3. The third-order valence-corrected chi connectivity index (χ3v) is 2.48. The Morgan fingerprint density at radius 3 is 2.58 bits per heavy atom. The fourth-order valence-corrected chi connectivity index (χ4v) is 1.59. The summed E-state index contributed by atoms with van der Waals surface area (Å²) in [4.78, 5) is 0. The number of phenols is 1. The molecule has 0 spiro atoms. The second-order valence-corrected chi connectivity index (χ2v) is 3.82. The lowest BCUT2D eigenvalue weighted by Crippen LogP contribution is -2.17. The molecule has 0 atom stereocenters. The molecule has 0 saturated heterocycles. The molecule has 0 unspecified atom stereocenters. The van der Waals surface area contributed by atoms with Crippen LogP contribution in [-0.2, 0) is 6.54 Å². The molecule has 0 aliphatic rings. The van der Waals surface area contributed by atoms with E-state index in [1.54, 1.807) is 17.1 Å². The first-order chi connectivity index (χ1) is 8.89. The molecule has 19 heavy (non-hydrogen) atoms. The maximum atomic E-state index is 12.0. The predicted molar refractivity (Wildman–Crippen MR) is 61.7 cm³/mol. The van der Waals surface area contributed by atoms with Crippen LogP contribution in [0, 0.1) is 0 Å². The molecule has 0 fully saturated rings. The van der Waals surface area contributed by atoms with Gasteiger partial charge in [0.15, 0.2) is 11.5 Å². The highest BCUT2D eigenvalue weighted by atomic mass is 19.4. The van der Waals surface area contributed by atoms with E-state index in [1.165, 1.54) is 12.1 Å². The number of benzene rings is 1. The minimum Gasteiger partial charge on any atom is -0.504 e. The highest BCUT2D eigenvalue weighted by Gasteiger charge is 2.32. The summed E-state index contributed by atoms with van der Waals surface area (Å²) in [6.07, 6.45) is -1.52. The number of hydrogen-bond donors (Lipinski definition) is 1. The van der Waals surface area contributed by atoms with Crippen molar-refractivity contribution in [2.75, 3.05) is 0 Å². The molecule has 1 aromatic carbocycles. The number of rotatable bonds is 3. The summed E-state index contributed by atoms with van der Waals surface area (Å²) in [5.41, 5.74) is 1.27. The van der Waals surface area contributed by atoms with Gasteiger partial charge in [0.2, 0.25) is 0 Å². The van der Waals surface area contributed by atoms with Crippen molar-refractivity contribution >= 4 is 0 Å². The molecule has 0 radical (unpaired) electrons. The molecular weight excluding hydrogens is 261 g/mol. The molecule has 7 heteroatoms. The van der Waals surface area contributed by atoms with E-state index in [2.05, 4.69) is 9.84 Å². The SMILES string of the molecule is CCn1cc(-c2ccc(OC(F)(F)F)c(O)c2)cn1. The molecule has 102 valence electrons. The van der Waals surface area contributed by atoms with Gasteiger partial charge in [0.25, 0.3) is 0 Å². The summed E-state index contributed by atoms with van der Waals surface area (Å²) in [5, 5.41) is 13.6. The second-order valence-electron chi connectivity index (χ2n) is 3.82. The molecule has 0 bridgehead atoms. The minimum atomic E-state index is -4.83.